The molecule has 1 aromatic rings. The van der Waals surface area contributed by atoms with Gasteiger partial charge in [-0.15, -0.1) is 0 Å². The van der Waals surface area contributed by atoms with Crippen LogP contribution in [0.4, 0.5) is 0 Å². The van der Waals surface area contributed by atoms with Gasteiger partial charge in [0.1, 0.15) is 11.5 Å². The molecule has 0 aliphatic rings. The van der Waals surface area contributed by atoms with E-state index in [1.165, 1.54) is 0 Å². The molecule has 1 atom stereocenters. The van der Waals surface area contributed by atoms with Crippen LogP contribution in [0, 0.1) is 13.8 Å². The second-order valence-corrected chi connectivity index (χ2v) is 3.00. The van der Waals surface area contributed by atoms with Gasteiger partial charge < -0.3 is 15.3 Å². The van der Waals surface area contributed by atoms with E-state index in [1.54, 1.807) is 19.9 Å². The lowest BCUT2D eigenvalue weighted by Crippen LogP contribution is -2.21. The number of carbonyl (C=O) groups is 1. The lowest BCUT2D eigenvalue weighted by molar-refractivity contribution is -0.138. The van der Waals surface area contributed by atoms with E-state index in [2.05, 4.69) is 0 Å². The summed E-state index contributed by atoms with van der Waals surface area (Å²) in [6.45, 7) is 3.62. The molecule has 72 valence electrons. The van der Waals surface area contributed by atoms with Crippen molar-refractivity contribution in [3.8, 4) is 0 Å². The van der Waals surface area contributed by atoms with Gasteiger partial charge in [-0.1, -0.05) is 0 Å². The minimum Gasteiger partial charge on any atom is -0.481 e. The van der Waals surface area contributed by atoms with Gasteiger partial charge in [-0.2, -0.15) is 0 Å². The summed E-state index contributed by atoms with van der Waals surface area (Å²) in [6.07, 6.45) is 0. The number of rotatable bonds is 3. The molecule has 0 aliphatic heterocycles. The van der Waals surface area contributed by atoms with Crippen molar-refractivity contribution in [2.24, 2.45) is 5.73 Å². The third-order valence-corrected chi connectivity index (χ3v) is 1.99. The lowest BCUT2D eigenvalue weighted by Gasteiger charge is -2.07. The Morgan fingerprint density at radius 2 is 2.31 bits per heavy atom. The van der Waals surface area contributed by atoms with Crippen LogP contribution < -0.4 is 5.73 Å². The Morgan fingerprint density at radius 3 is 2.62 bits per heavy atom. The molecular weight excluding hydrogens is 170 g/mol. The van der Waals surface area contributed by atoms with Gasteiger partial charge in [0.05, 0.1) is 5.92 Å². The molecule has 1 heterocycles. The van der Waals surface area contributed by atoms with Crippen molar-refractivity contribution in [3.63, 3.8) is 0 Å². The van der Waals surface area contributed by atoms with E-state index in [1.807, 2.05) is 0 Å². The second-order valence-electron chi connectivity index (χ2n) is 3.00. The maximum atomic E-state index is 10.8. The number of carboxylic acids is 1. The van der Waals surface area contributed by atoms with Crippen LogP contribution >= 0.6 is 0 Å². The molecule has 13 heavy (non-hydrogen) atoms. The van der Waals surface area contributed by atoms with Crippen LogP contribution in [-0.2, 0) is 4.79 Å². The standard InChI is InChI=1S/C9H13NO3/c1-5-3-7(6(2)13-5)8(4-10)9(11)12/h3,8H,4,10H2,1-2H3,(H,11,12). The molecule has 4 nitrogen and oxygen atoms in total. The first kappa shape index (κ1) is 9.80. The fourth-order valence-electron chi connectivity index (χ4n) is 1.36. The van der Waals surface area contributed by atoms with Gasteiger partial charge in [0.25, 0.3) is 0 Å². The van der Waals surface area contributed by atoms with E-state index in [0.29, 0.717) is 17.1 Å². The number of hydrogen-bond acceptors (Lipinski definition) is 3. The number of aryl methyl sites for hydroxylation is 2. The van der Waals surface area contributed by atoms with Crippen molar-refractivity contribution in [2.75, 3.05) is 6.54 Å². The Balaban J connectivity index is 3.04. The Hall–Kier alpha value is -1.29. The van der Waals surface area contributed by atoms with E-state index in [4.69, 9.17) is 15.3 Å². The fraction of sp³-hybridized carbons (Fsp3) is 0.444. The zero-order chi connectivity index (χ0) is 10.0. The highest BCUT2D eigenvalue weighted by Crippen LogP contribution is 2.22. The Labute approximate surface area is 76.3 Å². The maximum Gasteiger partial charge on any atom is 0.312 e. The maximum absolute atomic E-state index is 10.8. The number of carboxylic acid groups (broad SMARTS) is 1. The van der Waals surface area contributed by atoms with Crippen LogP contribution in [0.25, 0.3) is 0 Å². The van der Waals surface area contributed by atoms with Crippen molar-refractivity contribution in [1.29, 1.82) is 0 Å². The number of furan rings is 1. The Bertz CT molecular complexity index is 317. The smallest absolute Gasteiger partial charge is 0.312 e. The summed E-state index contributed by atoms with van der Waals surface area (Å²) in [6, 6.07) is 1.72. The average Bonchev–Trinajstić information content (AvgIpc) is 2.31. The number of hydrogen-bond donors (Lipinski definition) is 2. The molecule has 1 unspecified atom stereocenters. The summed E-state index contributed by atoms with van der Waals surface area (Å²) in [7, 11) is 0. The average molecular weight is 183 g/mol. The van der Waals surface area contributed by atoms with Gasteiger partial charge >= 0.3 is 5.97 Å². The first-order valence-corrected chi connectivity index (χ1v) is 4.06. The lowest BCUT2D eigenvalue weighted by atomic mass is 10.00. The van der Waals surface area contributed by atoms with Gasteiger partial charge in [-0.3, -0.25) is 4.79 Å². The first-order chi connectivity index (χ1) is 6.06. The van der Waals surface area contributed by atoms with Crippen LogP contribution in [0.15, 0.2) is 10.5 Å². The molecule has 4 heteroatoms. The molecule has 0 amide bonds. The summed E-state index contributed by atoms with van der Waals surface area (Å²) in [5.41, 5.74) is 6.03. The topological polar surface area (TPSA) is 76.5 Å². The largest absolute Gasteiger partial charge is 0.481 e. The van der Waals surface area contributed by atoms with Crippen LogP contribution in [-0.4, -0.2) is 17.6 Å². The van der Waals surface area contributed by atoms with Gasteiger partial charge in [0.15, 0.2) is 0 Å². The van der Waals surface area contributed by atoms with Gasteiger partial charge in [0.2, 0.25) is 0 Å². The highest BCUT2D eigenvalue weighted by molar-refractivity contribution is 5.76. The van der Waals surface area contributed by atoms with E-state index < -0.39 is 11.9 Å². The van der Waals surface area contributed by atoms with Gasteiger partial charge in [-0.25, -0.2) is 0 Å². The summed E-state index contributed by atoms with van der Waals surface area (Å²) in [4.78, 5) is 10.8. The molecule has 0 bridgehead atoms. The molecule has 0 fully saturated rings. The zero-order valence-corrected chi connectivity index (χ0v) is 7.70. The quantitative estimate of drug-likeness (QED) is 0.733. The van der Waals surface area contributed by atoms with Crippen LogP contribution in [0.3, 0.4) is 0 Å². The van der Waals surface area contributed by atoms with Crippen molar-refractivity contribution >= 4 is 5.97 Å². The van der Waals surface area contributed by atoms with Gasteiger partial charge in [0, 0.05) is 12.1 Å². The van der Waals surface area contributed by atoms with Crippen molar-refractivity contribution in [3.05, 3.63) is 23.2 Å². The molecule has 0 saturated carbocycles. The molecule has 3 N–H and O–H groups in total. The van der Waals surface area contributed by atoms with E-state index in [9.17, 15) is 4.79 Å². The molecule has 0 aromatic carbocycles. The Kier molecular flexibility index (Phi) is 2.72. The minimum atomic E-state index is -0.911. The molecule has 1 rings (SSSR count). The molecule has 0 saturated heterocycles. The summed E-state index contributed by atoms with van der Waals surface area (Å²) >= 11 is 0. The van der Waals surface area contributed by atoms with Crippen molar-refractivity contribution in [2.45, 2.75) is 19.8 Å². The molecule has 0 aliphatic carbocycles. The predicted octanol–water partition coefficient (Wildman–Crippen LogP) is 1.02. The highest BCUT2D eigenvalue weighted by atomic mass is 16.4. The molecular formula is C9H13NO3. The summed E-state index contributed by atoms with van der Waals surface area (Å²) in [5.74, 6) is -0.216. The van der Waals surface area contributed by atoms with E-state index in [0.717, 1.165) is 0 Å². The number of nitrogens with two attached hydrogens (primary N) is 1. The highest BCUT2D eigenvalue weighted by Gasteiger charge is 2.22. The normalized spacial score (nSPS) is 12.8. The fourth-order valence-corrected chi connectivity index (χ4v) is 1.36. The molecule has 0 spiro atoms. The molecule has 1 aromatic heterocycles. The third kappa shape index (κ3) is 1.89. The summed E-state index contributed by atoms with van der Waals surface area (Å²) < 4.78 is 5.23. The van der Waals surface area contributed by atoms with Gasteiger partial charge in [-0.05, 0) is 19.9 Å². The summed E-state index contributed by atoms with van der Waals surface area (Å²) in [5, 5.41) is 8.84. The monoisotopic (exact) mass is 183 g/mol. The van der Waals surface area contributed by atoms with E-state index in [-0.39, 0.29) is 6.54 Å². The van der Waals surface area contributed by atoms with Crippen molar-refractivity contribution in [1.82, 2.24) is 0 Å². The SMILES string of the molecule is Cc1cc(C(CN)C(=O)O)c(C)o1. The van der Waals surface area contributed by atoms with Crippen LogP contribution in [0.2, 0.25) is 0 Å². The zero-order valence-electron chi connectivity index (χ0n) is 7.70. The first-order valence-electron chi connectivity index (χ1n) is 4.06. The molecule has 0 radical (unpaired) electrons. The minimum absolute atomic E-state index is 0.0924. The van der Waals surface area contributed by atoms with Crippen molar-refractivity contribution < 1.29 is 14.3 Å². The second kappa shape index (κ2) is 3.62. The van der Waals surface area contributed by atoms with E-state index >= 15 is 0 Å². The van der Waals surface area contributed by atoms with Crippen LogP contribution in [0.1, 0.15) is 23.0 Å². The number of aliphatic carboxylic acids is 1. The predicted molar refractivity (Wildman–Crippen MR) is 47.6 cm³/mol. The third-order valence-electron chi connectivity index (χ3n) is 1.99. The van der Waals surface area contributed by atoms with Crippen LogP contribution in [0.5, 0.6) is 0 Å². The Morgan fingerprint density at radius 1 is 1.69 bits per heavy atom.